The minimum absolute atomic E-state index is 0.0212. The predicted molar refractivity (Wildman–Crippen MR) is 99.1 cm³/mol. The molecule has 7 heteroatoms. The number of nitrogens with zero attached hydrogens (tertiary/aromatic N) is 3. The highest BCUT2D eigenvalue weighted by molar-refractivity contribution is 5.88. The molecule has 130 valence electrons. The van der Waals surface area contributed by atoms with Gasteiger partial charge in [-0.15, -0.1) is 0 Å². The molecule has 0 saturated heterocycles. The lowest BCUT2D eigenvalue weighted by Gasteiger charge is -2.02. The standard InChI is InChI=1S/C19H16N4O3/c24-19-17(12-20-14-6-7-14)18(13-4-2-1-3-5-13)21-22(19)15-8-10-16(11-9-15)23(25)26/h1-5,8-12,14,21H,6-7H2. The van der Waals surface area contributed by atoms with Crippen LogP contribution >= 0.6 is 0 Å². The van der Waals surface area contributed by atoms with Crippen molar-refractivity contribution < 1.29 is 4.92 Å². The normalized spacial score (nSPS) is 14.0. The molecule has 0 spiro atoms. The number of rotatable bonds is 5. The second-order valence-electron chi connectivity index (χ2n) is 6.19. The van der Waals surface area contributed by atoms with Gasteiger partial charge in [-0.05, 0) is 25.0 Å². The van der Waals surface area contributed by atoms with E-state index in [2.05, 4.69) is 10.1 Å². The van der Waals surface area contributed by atoms with Gasteiger partial charge in [-0.3, -0.25) is 25.0 Å². The van der Waals surface area contributed by atoms with Crippen molar-refractivity contribution in [1.82, 2.24) is 9.78 Å². The van der Waals surface area contributed by atoms with E-state index in [1.807, 2.05) is 30.3 Å². The third kappa shape index (κ3) is 3.06. The van der Waals surface area contributed by atoms with Crippen LogP contribution in [0.15, 0.2) is 64.4 Å². The molecule has 7 nitrogen and oxygen atoms in total. The molecular formula is C19H16N4O3. The lowest BCUT2D eigenvalue weighted by Crippen LogP contribution is -2.17. The van der Waals surface area contributed by atoms with Crippen LogP contribution in [0.5, 0.6) is 0 Å². The van der Waals surface area contributed by atoms with Crippen LogP contribution in [-0.2, 0) is 0 Å². The molecule has 4 rings (SSSR count). The van der Waals surface area contributed by atoms with Crippen molar-refractivity contribution in [2.24, 2.45) is 4.99 Å². The molecule has 0 aliphatic heterocycles. The van der Waals surface area contributed by atoms with Crippen LogP contribution < -0.4 is 5.56 Å². The minimum Gasteiger partial charge on any atom is -0.290 e. The summed E-state index contributed by atoms with van der Waals surface area (Å²) in [5.74, 6) is 0. The third-order valence-electron chi connectivity index (χ3n) is 4.27. The average Bonchev–Trinajstić information content (AvgIpc) is 3.44. The molecule has 1 N–H and O–H groups in total. The summed E-state index contributed by atoms with van der Waals surface area (Å²) in [6.07, 6.45) is 3.75. The maximum Gasteiger partial charge on any atom is 0.280 e. The quantitative estimate of drug-likeness (QED) is 0.435. The fraction of sp³-hybridized carbons (Fsp3) is 0.158. The topological polar surface area (TPSA) is 93.3 Å². The first kappa shape index (κ1) is 16.0. The number of H-pyrrole nitrogens is 1. The predicted octanol–water partition coefficient (Wildman–Crippen LogP) is 3.32. The van der Waals surface area contributed by atoms with Gasteiger partial charge >= 0.3 is 0 Å². The van der Waals surface area contributed by atoms with Crippen LogP contribution in [-0.4, -0.2) is 27.0 Å². The van der Waals surface area contributed by atoms with Crippen molar-refractivity contribution in [3.8, 4) is 16.9 Å². The van der Waals surface area contributed by atoms with Gasteiger partial charge in [0, 0.05) is 23.9 Å². The Hall–Kier alpha value is -3.48. The zero-order chi connectivity index (χ0) is 18.1. The van der Waals surface area contributed by atoms with Gasteiger partial charge in [0.1, 0.15) is 0 Å². The Morgan fingerprint density at radius 3 is 2.42 bits per heavy atom. The van der Waals surface area contributed by atoms with Gasteiger partial charge in [0.25, 0.3) is 11.2 Å². The monoisotopic (exact) mass is 348 g/mol. The summed E-state index contributed by atoms with van der Waals surface area (Å²) in [5.41, 5.74) is 2.32. The third-order valence-corrected chi connectivity index (χ3v) is 4.27. The summed E-state index contributed by atoms with van der Waals surface area (Å²) in [7, 11) is 0. The van der Waals surface area contributed by atoms with E-state index in [1.165, 1.54) is 16.8 Å². The Labute approximate surface area is 148 Å². The van der Waals surface area contributed by atoms with Crippen molar-refractivity contribution in [1.29, 1.82) is 0 Å². The second kappa shape index (κ2) is 6.44. The molecule has 1 aliphatic rings. The van der Waals surface area contributed by atoms with Crippen LogP contribution in [0.25, 0.3) is 16.9 Å². The zero-order valence-corrected chi connectivity index (χ0v) is 13.8. The van der Waals surface area contributed by atoms with E-state index >= 15 is 0 Å². The van der Waals surface area contributed by atoms with Gasteiger partial charge in [-0.1, -0.05) is 30.3 Å². The maximum atomic E-state index is 12.9. The molecule has 0 unspecified atom stereocenters. The number of nitrogens with one attached hydrogen (secondary N) is 1. The minimum atomic E-state index is -0.468. The van der Waals surface area contributed by atoms with Crippen LogP contribution in [0.2, 0.25) is 0 Å². The van der Waals surface area contributed by atoms with Crippen molar-refractivity contribution >= 4 is 11.9 Å². The summed E-state index contributed by atoms with van der Waals surface area (Å²) in [6.45, 7) is 0. The molecule has 1 heterocycles. The van der Waals surface area contributed by atoms with E-state index in [1.54, 1.807) is 18.3 Å². The van der Waals surface area contributed by atoms with E-state index in [0.717, 1.165) is 18.4 Å². The summed E-state index contributed by atoms with van der Waals surface area (Å²) >= 11 is 0. The van der Waals surface area contributed by atoms with Crippen LogP contribution in [0.1, 0.15) is 18.4 Å². The highest BCUT2D eigenvalue weighted by Gasteiger charge is 2.21. The summed E-state index contributed by atoms with van der Waals surface area (Å²) in [6, 6.07) is 15.7. The Kier molecular flexibility index (Phi) is 3.96. The van der Waals surface area contributed by atoms with E-state index < -0.39 is 4.92 Å². The molecule has 0 atom stereocenters. The number of non-ortho nitro benzene ring substituents is 1. The number of aromatic nitrogens is 2. The molecular weight excluding hydrogens is 332 g/mol. The first-order chi connectivity index (χ1) is 12.6. The number of nitro groups is 1. The molecule has 0 bridgehead atoms. The van der Waals surface area contributed by atoms with Crippen molar-refractivity contribution in [3.63, 3.8) is 0 Å². The van der Waals surface area contributed by atoms with E-state index in [0.29, 0.717) is 23.0 Å². The number of nitro benzene ring substituents is 1. The molecule has 1 aromatic heterocycles. The molecule has 1 aliphatic carbocycles. The van der Waals surface area contributed by atoms with Crippen molar-refractivity contribution in [2.75, 3.05) is 0 Å². The number of hydrogen-bond donors (Lipinski definition) is 1. The van der Waals surface area contributed by atoms with E-state index in [-0.39, 0.29) is 11.2 Å². The zero-order valence-electron chi connectivity index (χ0n) is 13.8. The number of aromatic amines is 1. The molecule has 2 aromatic carbocycles. The summed E-state index contributed by atoms with van der Waals surface area (Å²) in [5, 5.41) is 13.9. The van der Waals surface area contributed by atoms with Gasteiger partial charge in [0.15, 0.2) is 0 Å². The highest BCUT2D eigenvalue weighted by atomic mass is 16.6. The highest BCUT2D eigenvalue weighted by Crippen LogP contribution is 2.25. The smallest absolute Gasteiger partial charge is 0.280 e. The Morgan fingerprint density at radius 2 is 1.81 bits per heavy atom. The molecule has 3 aromatic rings. The molecule has 0 radical (unpaired) electrons. The van der Waals surface area contributed by atoms with Crippen LogP contribution in [0, 0.1) is 10.1 Å². The number of hydrogen-bond acceptors (Lipinski definition) is 4. The SMILES string of the molecule is O=c1c(C=NC2CC2)c(-c2ccccc2)[nH]n1-c1ccc([N+](=O)[O-])cc1. The lowest BCUT2D eigenvalue weighted by atomic mass is 10.1. The van der Waals surface area contributed by atoms with Gasteiger partial charge in [-0.25, -0.2) is 4.68 Å². The summed E-state index contributed by atoms with van der Waals surface area (Å²) in [4.78, 5) is 27.7. The van der Waals surface area contributed by atoms with E-state index in [9.17, 15) is 14.9 Å². The average molecular weight is 348 g/mol. The van der Waals surface area contributed by atoms with Crippen LogP contribution in [0.3, 0.4) is 0 Å². The second-order valence-corrected chi connectivity index (χ2v) is 6.19. The first-order valence-electron chi connectivity index (χ1n) is 8.32. The lowest BCUT2D eigenvalue weighted by molar-refractivity contribution is -0.384. The Balaban J connectivity index is 1.82. The Bertz CT molecular complexity index is 1030. The maximum absolute atomic E-state index is 12.9. The number of aliphatic imine (C=N–C) groups is 1. The van der Waals surface area contributed by atoms with Gasteiger partial charge in [0.05, 0.1) is 27.9 Å². The van der Waals surface area contributed by atoms with Gasteiger partial charge in [0.2, 0.25) is 0 Å². The molecule has 26 heavy (non-hydrogen) atoms. The van der Waals surface area contributed by atoms with Crippen molar-refractivity contribution in [3.05, 3.63) is 80.6 Å². The molecule has 1 saturated carbocycles. The number of benzene rings is 2. The van der Waals surface area contributed by atoms with E-state index in [4.69, 9.17) is 0 Å². The molecule has 1 fully saturated rings. The van der Waals surface area contributed by atoms with Gasteiger partial charge in [-0.2, -0.15) is 0 Å². The van der Waals surface area contributed by atoms with Crippen LogP contribution in [0.4, 0.5) is 5.69 Å². The largest absolute Gasteiger partial charge is 0.290 e. The Morgan fingerprint density at radius 1 is 1.12 bits per heavy atom. The fourth-order valence-electron chi connectivity index (χ4n) is 2.70. The van der Waals surface area contributed by atoms with Gasteiger partial charge < -0.3 is 0 Å². The van der Waals surface area contributed by atoms with Crippen molar-refractivity contribution in [2.45, 2.75) is 18.9 Å². The first-order valence-corrected chi connectivity index (χ1v) is 8.32. The summed E-state index contributed by atoms with van der Waals surface area (Å²) < 4.78 is 1.39. The molecule has 0 amide bonds. The fourth-order valence-corrected chi connectivity index (χ4v) is 2.70.